The molecule has 2 aromatic rings. The average molecular weight is 331 g/mol. The summed E-state index contributed by atoms with van der Waals surface area (Å²) in [5.41, 5.74) is 1.78. The van der Waals surface area contributed by atoms with Crippen molar-refractivity contribution < 1.29 is 14.3 Å². The summed E-state index contributed by atoms with van der Waals surface area (Å²) in [5.74, 6) is 1.58. The van der Waals surface area contributed by atoms with Gasteiger partial charge in [-0.2, -0.15) is 0 Å². The molecule has 1 unspecified atom stereocenters. The highest BCUT2D eigenvalue weighted by molar-refractivity contribution is 7.14. The van der Waals surface area contributed by atoms with Gasteiger partial charge in [0.1, 0.15) is 13.2 Å². The normalized spacial score (nSPS) is 19.6. The standard InChI is InChI=1S/C16H17N3O3S/c20-15(11-3-4-17-8-11)19-16-18-12(9-23-16)10-1-2-13-14(7-10)22-6-5-21-13/h1-2,7,9,11,17H,3-6,8H2,(H,18,19,20). The lowest BCUT2D eigenvalue weighted by molar-refractivity contribution is -0.119. The number of thiazole rings is 1. The molecular weight excluding hydrogens is 314 g/mol. The summed E-state index contributed by atoms with van der Waals surface area (Å²) in [6.45, 7) is 2.78. The first-order chi connectivity index (χ1) is 11.3. The summed E-state index contributed by atoms with van der Waals surface area (Å²) in [6.07, 6.45) is 0.881. The van der Waals surface area contributed by atoms with Crippen molar-refractivity contribution in [2.24, 2.45) is 5.92 Å². The fourth-order valence-corrected chi connectivity index (χ4v) is 3.47. The minimum absolute atomic E-state index is 0.0386. The molecule has 0 aliphatic carbocycles. The van der Waals surface area contributed by atoms with E-state index in [9.17, 15) is 4.79 Å². The van der Waals surface area contributed by atoms with E-state index in [2.05, 4.69) is 15.6 Å². The highest BCUT2D eigenvalue weighted by Crippen LogP contribution is 2.35. The highest BCUT2D eigenvalue weighted by Gasteiger charge is 2.23. The molecule has 1 fully saturated rings. The second kappa shape index (κ2) is 6.17. The molecule has 4 rings (SSSR count). The Balaban J connectivity index is 1.50. The van der Waals surface area contributed by atoms with Gasteiger partial charge < -0.3 is 20.1 Å². The first kappa shape index (κ1) is 14.5. The van der Waals surface area contributed by atoms with Gasteiger partial charge in [-0.15, -0.1) is 11.3 Å². The van der Waals surface area contributed by atoms with Gasteiger partial charge in [0, 0.05) is 17.5 Å². The van der Waals surface area contributed by atoms with E-state index in [-0.39, 0.29) is 11.8 Å². The molecule has 2 N–H and O–H groups in total. The van der Waals surface area contributed by atoms with Crippen molar-refractivity contribution >= 4 is 22.4 Å². The van der Waals surface area contributed by atoms with Crippen LogP contribution in [0.15, 0.2) is 23.6 Å². The van der Waals surface area contributed by atoms with Crippen molar-refractivity contribution in [3.8, 4) is 22.8 Å². The maximum Gasteiger partial charge on any atom is 0.230 e. The molecule has 2 aliphatic rings. The third-order valence-corrected chi connectivity index (χ3v) is 4.76. The van der Waals surface area contributed by atoms with E-state index in [0.717, 1.165) is 42.3 Å². The van der Waals surface area contributed by atoms with Crippen LogP contribution >= 0.6 is 11.3 Å². The minimum atomic E-state index is 0.0386. The molecule has 0 spiro atoms. The molecule has 1 saturated heterocycles. The zero-order chi connectivity index (χ0) is 15.6. The zero-order valence-electron chi connectivity index (χ0n) is 12.5. The van der Waals surface area contributed by atoms with Gasteiger partial charge in [-0.1, -0.05) is 0 Å². The van der Waals surface area contributed by atoms with Gasteiger partial charge in [-0.25, -0.2) is 4.98 Å². The molecule has 1 amide bonds. The SMILES string of the molecule is O=C(Nc1nc(-c2ccc3c(c2)OCCO3)cs1)C1CCNC1. The van der Waals surface area contributed by atoms with Crippen LogP contribution in [0.4, 0.5) is 5.13 Å². The van der Waals surface area contributed by atoms with E-state index in [1.54, 1.807) is 0 Å². The van der Waals surface area contributed by atoms with Gasteiger partial charge in [0.25, 0.3) is 0 Å². The number of carbonyl (C=O) groups is 1. The summed E-state index contributed by atoms with van der Waals surface area (Å²) in [5, 5.41) is 8.67. The first-order valence-corrected chi connectivity index (χ1v) is 8.55. The highest BCUT2D eigenvalue weighted by atomic mass is 32.1. The minimum Gasteiger partial charge on any atom is -0.486 e. The number of amides is 1. The van der Waals surface area contributed by atoms with Gasteiger partial charge in [-0.05, 0) is 31.2 Å². The van der Waals surface area contributed by atoms with Crippen molar-refractivity contribution in [1.29, 1.82) is 0 Å². The average Bonchev–Trinajstić information content (AvgIpc) is 3.26. The molecular formula is C16H17N3O3S. The molecule has 3 heterocycles. The Labute approximate surface area is 137 Å². The summed E-state index contributed by atoms with van der Waals surface area (Å²) in [4.78, 5) is 16.6. The van der Waals surface area contributed by atoms with E-state index in [4.69, 9.17) is 9.47 Å². The molecule has 23 heavy (non-hydrogen) atoms. The number of anilines is 1. The number of benzene rings is 1. The van der Waals surface area contributed by atoms with Crippen molar-refractivity contribution in [1.82, 2.24) is 10.3 Å². The smallest absolute Gasteiger partial charge is 0.230 e. The number of nitrogens with one attached hydrogen (secondary N) is 2. The lowest BCUT2D eigenvalue weighted by atomic mass is 10.1. The van der Waals surface area contributed by atoms with Crippen LogP contribution in [0, 0.1) is 5.92 Å². The Bertz CT molecular complexity index is 725. The number of rotatable bonds is 3. The number of hydrogen-bond acceptors (Lipinski definition) is 6. The molecule has 1 atom stereocenters. The maximum atomic E-state index is 12.1. The van der Waals surface area contributed by atoms with Crippen molar-refractivity contribution in [2.45, 2.75) is 6.42 Å². The van der Waals surface area contributed by atoms with Crippen LogP contribution in [-0.4, -0.2) is 37.2 Å². The van der Waals surface area contributed by atoms with Crippen LogP contribution < -0.4 is 20.1 Å². The van der Waals surface area contributed by atoms with E-state index >= 15 is 0 Å². The molecule has 120 valence electrons. The fraction of sp³-hybridized carbons (Fsp3) is 0.375. The van der Waals surface area contributed by atoms with Crippen molar-refractivity contribution in [2.75, 3.05) is 31.6 Å². The third-order valence-electron chi connectivity index (χ3n) is 4.00. The van der Waals surface area contributed by atoms with Gasteiger partial charge in [0.05, 0.1) is 11.6 Å². The van der Waals surface area contributed by atoms with Crippen LogP contribution in [0.5, 0.6) is 11.5 Å². The number of ether oxygens (including phenoxy) is 2. The first-order valence-electron chi connectivity index (χ1n) is 7.67. The van der Waals surface area contributed by atoms with Crippen LogP contribution in [0.3, 0.4) is 0 Å². The number of aromatic nitrogens is 1. The quantitative estimate of drug-likeness (QED) is 0.901. The number of hydrogen-bond donors (Lipinski definition) is 2. The second-order valence-electron chi connectivity index (χ2n) is 5.58. The summed E-state index contributed by atoms with van der Waals surface area (Å²) < 4.78 is 11.1. The van der Waals surface area contributed by atoms with Crippen molar-refractivity contribution in [3.63, 3.8) is 0 Å². The topological polar surface area (TPSA) is 72.5 Å². The predicted octanol–water partition coefficient (Wildman–Crippen LogP) is 2.13. The number of carbonyl (C=O) groups excluding carboxylic acids is 1. The van der Waals surface area contributed by atoms with Crippen molar-refractivity contribution in [3.05, 3.63) is 23.6 Å². The monoisotopic (exact) mass is 331 g/mol. The lowest BCUT2D eigenvalue weighted by Crippen LogP contribution is -2.24. The Morgan fingerprint density at radius 1 is 1.30 bits per heavy atom. The van der Waals surface area contributed by atoms with Crippen LogP contribution in [0.2, 0.25) is 0 Å². The maximum absolute atomic E-state index is 12.1. The number of nitrogens with zero attached hydrogens (tertiary/aromatic N) is 1. The third kappa shape index (κ3) is 3.02. The molecule has 0 radical (unpaired) electrons. The molecule has 6 nitrogen and oxygen atoms in total. The van der Waals surface area contributed by atoms with Gasteiger partial charge in [0.15, 0.2) is 16.6 Å². The van der Waals surface area contributed by atoms with E-state index in [1.807, 2.05) is 23.6 Å². The Hall–Kier alpha value is -2.12. The van der Waals surface area contributed by atoms with Gasteiger partial charge in [0.2, 0.25) is 5.91 Å². The van der Waals surface area contributed by atoms with E-state index in [0.29, 0.717) is 18.3 Å². The largest absolute Gasteiger partial charge is 0.486 e. The van der Waals surface area contributed by atoms with Crippen LogP contribution in [0.1, 0.15) is 6.42 Å². The second-order valence-corrected chi connectivity index (χ2v) is 6.43. The molecule has 0 saturated carbocycles. The summed E-state index contributed by atoms with van der Waals surface area (Å²) >= 11 is 1.43. The van der Waals surface area contributed by atoms with Gasteiger partial charge >= 0.3 is 0 Å². The molecule has 7 heteroatoms. The Morgan fingerprint density at radius 2 is 2.17 bits per heavy atom. The Kier molecular flexibility index (Phi) is 3.88. The van der Waals surface area contributed by atoms with Crippen LogP contribution in [0.25, 0.3) is 11.3 Å². The molecule has 2 aliphatic heterocycles. The lowest BCUT2D eigenvalue weighted by Gasteiger charge is -2.18. The number of fused-ring (bicyclic) bond motifs is 1. The molecule has 1 aromatic carbocycles. The predicted molar refractivity (Wildman–Crippen MR) is 88.1 cm³/mol. The fourth-order valence-electron chi connectivity index (χ4n) is 2.75. The Morgan fingerprint density at radius 3 is 3.00 bits per heavy atom. The summed E-state index contributed by atoms with van der Waals surface area (Å²) in [7, 11) is 0. The van der Waals surface area contributed by atoms with Crippen LogP contribution in [-0.2, 0) is 4.79 Å². The zero-order valence-corrected chi connectivity index (χ0v) is 13.3. The van der Waals surface area contributed by atoms with E-state index in [1.165, 1.54) is 11.3 Å². The molecule has 0 bridgehead atoms. The summed E-state index contributed by atoms with van der Waals surface area (Å²) in [6, 6.07) is 5.77. The molecule has 1 aromatic heterocycles. The van der Waals surface area contributed by atoms with Gasteiger partial charge in [-0.3, -0.25) is 4.79 Å². The van der Waals surface area contributed by atoms with E-state index < -0.39 is 0 Å².